The molecule has 6 nitrogen and oxygen atoms in total. The first kappa shape index (κ1) is 11.1. The van der Waals surface area contributed by atoms with Crippen LogP contribution in [-0.2, 0) is 16.6 Å². The fraction of sp³-hybridized carbons (Fsp3) is 0.600. The molecule has 1 aliphatic heterocycles. The predicted molar refractivity (Wildman–Crippen MR) is 58.7 cm³/mol. The van der Waals surface area contributed by atoms with Crippen molar-refractivity contribution in [2.24, 2.45) is 18.2 Å². The van der Waals surface area contributed by atoms with E-state index in [1.807, 2.05) is 6.92 Å². The molecule has 0 aliphatic carbocycles. The largest absolute Gasteiger partial charge is 0.379 e. The van der Waals surface area contributed by atoms with E-state index in [0.717, 1.165) is 0 Å². The maximum absolute atomic E-state index is 12.0. The zero-order chi connectivity index (χ0) is 11.8. The molecule has 0 spiro atoms. The van der Waals surface area contributed by atoms with Crippen LogP contribution in [0.5, 0.6) is 0 Å². The van der Waals surface area contributed by atoms with E-state index < -0.39 is 5.41 Å². The quantitative estimate of drug-likeness (QED) is 0.724. The molecule has 16 heavy (non-hydrogen) atoms. The van der Waals surface area contributed by atoms with Crippen molar-refractivity contribution in [3.05, 3.63) is 12.3 Å². The molecule has 3 N–H and O–H groups in total. The zero-order valence-corrected chi connectivity index (χ0v) is 9.43. The van der Waals surface area contributed by atoms with Gasteiger partial charge in [-0.05, 0) is 6.92 Å². The van der Waals surface area contributed by atoms with Gasteiger partial charge < -0.3 is 15.8 Å². The molecule has 2 atom stereocenters. The summed E-state index contributed by atoms with van der Waals surface area (Å²) in [4.78, 5) is 12.0. The lowest BCUT2D eigenvalue weighted by Gasteiger charge is -2.24. The van der Waals surface area contributed by atoms with Gasteiger partial charge in [0.05, 0.1) is 18.6 Å². The maximum Gasteiger partial charge on any atom is 0.235 e. The Kier molecular flexibility index (Phi) is 2.69. The molecule has 2 rings (SSSR count). The van der Waals surface area contributed by atoms with Gasteiger partial charge in [0.2, 0.25) is 5.91 Å². The number of amides is 1. The number of carbonyl (C=O) groups is 1. The Labute approximate surface area is 93.8 Å². The number of aromatic nitrogens is 2. The van der Waals surface area contributed by atoms with Gasteiger partial charge in [-0.1, -0.05) is 0 Å². The van der Waals surface area contributed by atoms with Crippen molar-refractivity contribution in [1.29, 1.82) is 0 Å². The summed E-state index contributed by atoms with van der Waals surface area (Å²) in [7, 11) is 1.79. The van der Waals surface area contributed by atoms with E-state index in [9.17, 15) is 4.79 Å². The van der Waals surface area contributed by atoms with Crippen molar-refractivity contribution in [3.63, 3.8) is 0 Å². The molecule has 2 unspecified atom stereocenters. The first-order valence-corrected chi connectivity index (χ1v) is 5.17. The van der Waals surface area contributed by atoms with Gasteiger partial charge >= 0.3 is 0 Å². The molecule has 0 radical (unpaired) electrons. The molecule has 1 aliphatic rings. The summed E-state index contributed by atoms with van der Waals surface area (Å²) < 4.78 is 6.85. The molecule has 0 bridgehead atoms. The van der Waals surface area contributed by atoms with E-state index in [4.69, 9.17) is 10.5 Å². The van der Waals surface area contributed by atoms with Crippen LogP contribution in [0.1, 0.15) is 6.92 Å². The Morgan fingerprint density at radius 2 is 2.56 bits per heavy atom. The fourth-order valence-corrected chi connectivity index (χ4v) is 1.66. The van der Waals surface area contributed by atoms with Crippen molar-refractivity contribution < 1.29 is 9.53 Å². The molecular weight excluding hydrogens is 208 g/mol. The number of nitrogens with two attached hydrogens (primary N) is 1. The highest BCUT2D eigenvalue weighted by Gasteiger charge is 2.44. The lowest BCUT2D eigenvalue weighted by atomic mass is 9.85. The average molecular weight is 224 g/mol. The SMILES string of the molecule is Cn1ccc(NC(=O)C2(C)COCC2N)n1. The highest BCUT2D eigenvalue weighted by molar-refractivity contribution is 5.95. The summed E-state index contributed by atoms with van der Waals surface area (Å²) in [6.45, 7) is 2.59. The van der Waals surface area contributed by atoms with Gasteiger partial charge in [0.25, 0.3) is 0 Å². The summed E-state index contributed by atoms with van der Waals surface area (Å²) in [5.74, 6) is 0.393. The molecule has 1 saturated heterocycles. The van der Waals surface area contributed by atoms with Gasteiger partial charge in [0.15, 0.2) is 5.82 Å². The van der Waals surface area contributed by atoms with Gasteiger partial charge in [-0.15, -0.1) is 0 Å². The van der Waals surface area contributed by atoms with Gasteiger partial charge in [0.1, 0.15) is 0 Å². The molecule has 1 fully saturated rings. The standard InChI is InChI=1S/C10H16N4O2/c1-10(6-16-5-7(10)11)9(15)12-8-3-4-14(2)13-8/h3-4,7H,5-6,11H2,1-2H3,(H,12,13,15). The smallest absolute Gasteiger partial charge is 0.235 e. The topological polar surface area (TPSA) is 82.2 Å². The van der Waals surface area contributed by atoms with Crippen LogP contribution in [0, 0.1) is 5.41 Å². The number of ether oxygens (including phenoxy) is 1. The van der Waals surface area contributed by atoms with Crippen molar-refractivity contribution in [2.45, 2.75) is 13.0 Å². The van der Waals surface area contributed by atoms with Crippen LogP contribution in [0.4, 0.5) is 5.82 Å². The number of hydrogen-bond acceptors (Lipinski definition) is 4. The van der Waals surface area contributed by atoms with Gasteiger partial charge in [-0.25, -0.2) is 0 Å². The van der Waals surface area contributed by atoms with Crippen LogP contribution in [0.2, 0.25) is 0 Å². The predicted octanol–water partition coefficient (Wildman–Crippen LogP) is -0.278. The van der Waals surface area contributed by atoms with E-state index in [1.165, 1.54) is 0 Å². The van der Waals surface area contributed by atoms with Gasteiger partial charge in [-0.3, -0.25) is 9.48 Å². The number of nitrogens with zero attached hydrogens (tertiary/aromatic N) is 2. The third-order valence-electron chi connectivity index (χ3n) is 2.99. The van der Waals surface area contributed by atoms with Crippen LogP contribution in [0.25, 0.3) is 0 Å². The molecule has 1 amide bonds. The second-order valence-corrected chi connectivity index (χ2v) is 4.37. The Bertz CT molecular complexity index is 403. The minimum atomic E-state index is -0.669. The van der Waals surface area contributed by atoms with Crippen molar-refractivity contribution >= 4 is 11.7 Å². The number of nitrogens with one attached hydrogen (secondary N) is 1. The fourth-order valence-electron chi connectivity index (χ4n) is 1.66. The molecular formula is C10H16N4O2. The van der Waals surface area contributed by atoms with Gasteiger partial charge in [0, 0.05) is 25.4 Å². The number of carbonyl (C=O) groups excluding carboxylic acids is 1. The van der Waals surface area contributed by atoms with E-state index >= 15 is 0 Å². The molecule has 0 saturated carbocycles. The zero-order valence-electron chi connectivity index (χ0n) is 9.43. The van der Waals surface area contributed by atoms with Crippen molar-refractivity contribution in [1.82, 2.24) is 9.78 Å². The molecule has 6 heteroatoms. The lowest BCUT2D eigenvalue weighted by Crippen LogP contribution is -2.47. The number of hydrogen-bond donors (Lipinski definition) is 2. The molecule has 1 aromatic rings. The van der Waals surface area contributed by atoms with Gasteiger partial charge in [-0.2, -0.15) is 5.10 Å². The highest BCUT2D eigenvalue weighted by atomic mass is 16.5. The number of rotatable bonds is 2. The number of aryl methyl sites for hydroxylation is 1. The third kappa shape index (κ3) is 1.81. The summed E-state index contributed by atoms with van der Waals surface area (Å²) in [6, 6.07) is 1.47. The minimum Gasteiger partial charge on any atom is -0.379 e. The molecule has 88 valence electrons. The molecule has 0 aromatic carbocycles. The van der Waals surface area contributed by atoms with Crippen LogP contribution in [0.15, 0.2) is 12.3 Å². The first-order valence-electron chi connectivity index (χ1n) is 5.17. The Hall–Kier alpha value is -1.40. The van der Waals surface area contributed by atoms with E-state index in [0.29, 0.717) is 19.0 Å². The average Bonchev–Trinajstić information content (AvgIpc) is 2.76. The minimum absolute atomic E-state index is 0.142. The molecule has 2 heterocycles. The van der Waals surface area contributed by atoms with E-state index in [2.05, 4.69) is 10.4 Å². The molecule has 1 aromatic heterocycles. The van der Waals surface area contributed by atoms with E-state index in [-0.39, 0.29) is 11.9 Å². The Morgan fingerprint density at radius 3 is 3.06 bits per heavy atom. The summed E-state index contributed by atoms with van der Waals surface area (Å²) >= 11 is 0. The first-order chi connectivity index (χ1) is 7.52. The van der Waals surface area contributed by atoms with Crippen molar-refractivity contribution in [3.8, 4) is 0 Å². The Balaban J connectivity index is 2.08. The van der Waals surface area contributed by atoms with Crippen LogP contribution < -0.4 is 11.1 Å². The third-order valence-corrected chi connectivity index (χ3v) is 2.99. The lowest BCUT2D eigenvalue weighted by molar-refractivity contribution is -0.125. The normalized spacial score (nSPS) is 29.3. The Morgan fingerprint density at radius 1 is 1.81 bits per heavy atom. The summed E-state index contributed by atoms with van der Waals surface area (Å²) in [5.41, 5.74) is 5.19. The van der Waals surface area contributed by atoms with Crippen molar-refractivity contribution in [2.75, 3.05) is 18.5 Å². The monoisotopic (exact) mass is 224 g/mol. The number of anilines is 1. The van der Waals surface area contributed by atoms with Crippen LogP contribution in [-0.4, -0.2) is 34.9 Å². The van der Waals surface area contributed by atoms with Crippen LogP contribution in [0.3, 0.4) is 0 Å². The van der Waals surface area contributed by atoms with Crippen LogP contribution >= 0.6 is 0 Å². The maximum atomic E-state index is 12.0. The highest BCUT2D eigenvalue weighted by Crippen LogP contribution is 2.28. The summed E-state index contributed by atoms with van der Waals surface area (Å²) in [5, 5.41) is 6.83. The van der Waals surface area contributed by atoms with E-state index in [1.54, 1.807) is 24.0 Å². The second-order valence-electron chi connectivity index (χ2n) is 4.37. The summed E-state index contributed by atoms with van der Waals surface area (Å²) in [6.07, 6.45) is 1.77. The second kappa shape index (κ2) is 3.88.